The molecule has 0 saturated heterocycles. The summed E-state index contributed by atoms with van der Waals surface area (Å²) in [5, 5.41) is 0. The van der Waals surface area contributed by atoms with Crippen molar-refractivity contribution in [1.82, 2.24) is 0 Å². The Morgan fingerprint density at radius 1 is 0.944 bits per heavy atom. The lowest BCUT2D eigenvalue weighted by atomic mass is 10.2. The summed E-state index contributed by atoms with van der Waals surface area (Å²) < 4.78 is 45.1. The van der Waals surface area contributed by atoms with Crippen LogP contribution in [0.3, 0.4) is 0 Å². The summed E-state index contributed by atoms with van der Waals surface area (Å²) in [6, 6.07) is 7.85. The Labute approximate surface area is 103 Å². The first-order valence-electron chi connectivity index (χ1n) is 5.40. The molecule has 0 spiro atoms. The molecule has 0 aromatic heterocycles. The van der Waals surface area contributed by atoms with Crippen LogP contribution in [0.1, 0.15) is 11.1 Å². The SMILES string of the molecule is Cc1ccc(F)c(OCc2c(F)cccc2F)c1. The lowest BCUT2D eigenvalue weighted by Crippen LogP contribution is -2.03. The van der Waals surface area contributed by atoms with Gasteiger partial charge in [0.15, 0.2) is 11.6 Å². The molecule has 0 unspecified atom stereocenters. The molecule has 0 heterocycles. The van der Waals surface area contributed by atoms with Crippen LogP contribution in [0.4, 0.5) is 13.2 Å². The maximum Gasteiger partial charge on any atom is 0.165 e. The molecule has 0 amide bonds. The van der Waals surface area contributed by atoms with Crippen molar-refractivity contribution in [3.05, 3.63) is 65.0 Å². The van der Waals surface area contributed by atoms with E-state index >= 15 is 0 Å². The maximum atomic E-state index is 13.4. The Kier molecular flexibility index (Phi) is 3.55. The minimum absolute atomic E-state index is 0.0161. The summed E-state index contributed by atoms with van der Waals surface area (Å²) in [6.07, 6.45) is 0. The smallest absolute Gasteiger partial charge is 0.165 e. The fraction of sp³-hybridized carbons (Fsp3) is 0.143. The normalized spacial score (nSPS) is 10.4. The molecule has 1 nitrogen and oxygen atoms in total. The van der Waals surface area contributed by atoms with Crippen molar-refractivity contribution in [3.63, 3.8) is 0 Å². The minimum Gasteiger partial charge on any atom is -0.486 e. The van der Waals surface area contributed by atoms with E-state index in [0.29, 0.717) is 0 Å². The Hall–Kier alpha value is -1.97. The standard InChI is InChI=1S/C14H11F3O/c1-9-5-6-13(17)14(7-9)18-8-10-11(15)3-2-4-12(10)16/h2-7H,8H2,1H3. The second kappa shape index (κ2) is 5.12. The van der Waals surface area contributed by atoms with E-state index in [4.69, 9.17) is 4.74 Å². The van der Waals surface area contributed by atoms with Crippen molar-refractivity contribution < 1.29 is 17.9 Å². The first-order valence-corrected chi connectivity index (χ1v) is 5.40. The molecule has 0 aliphatic rings. The zero-order valence-corrected chi connectivity index (χ0v) is 9.71. The predicted molar refractivity (Wildman–Crippen MR) is 61.8 cm³/mol. The van der Waals surface area contributed by atoms with E-state index in [1.54, 1.807) is 13.0 Å². The summed E-state index contributed by atoms with van der Waals surface area (Å²) in [5.74, 6) is -1.99. The van der Waals surface area contributed by atoms with Crippen molar-refractivity contribution in [2.24, 2.45) is 0 Å². The molecule has 2 aromatic rings. The van der Waals surface area contributed by atoms with Crippen LogP contribution in [0.15, 0.2) is 36.4 Å². The third-order valence-electron chi connectivity index (χ3n) is 2.52. The molecule has 2 rings (SSSR count). The molecule has 2 aromatic carbocycles. The highest BCUT2D eigenvalue weighted by Crippen LogP contribution is 2.21. The Morgan fingerprint density at radius 2 is 1.61 bits per heavy atom. The van der Waals surface area contributed by atoms with Crippen LogP contribution in [0.5, 0.6) is 5.75 Å². The first-order chi connectivity index (χ1) is 8.58. The third kappa shape index (κ3) is 2.64. The van der Waals surface area contributed by atoms with Crippen LogP contribution < -0.4 is 4.74 Å². The lowest BCUT2D eigenvalue weighted by molar-refractivity contribution is 0.278. The van der Waals surface area contributed by atoms with Crippen LogP contribution in [0.2, 0.25) is 0 Å². The number of benzene rings is 2. The summed E-state index contributed by atoms with van der Waals surface area (Å²) in [7, 11) is 0. The lowest BCUT2D eigenvalue weighted by Gasteiger charge is -2.09. The molecular weight excluding hydrogens is 241 g/mol. The fourth-order valence-corrected chi connectivity index (χ4v) is 1.54. The summed E-state index contributed by atoms with van der Waals surface area (Å²) in [6.45, 7) is 1.43. The van der Waals surface area contributed by atoms with Gasteiger partial charge in [0.05, 0.1) is 5.56 Å². The van der Waals surface area contributed by atoms with Crippen molar-refractivity contribution in [2.45, 2.75) is 13.5 Å². The van der Waals surface area contributed by atoms with Gasteiger partial charge in [-0.2, -0.15) is 0 Å². The number of aryl methyl sites for hydroxylation is 1. The Balaban J connectivity index is 2.19. The zero-order chi connectivity index (χ0) is 13.1. The van der Waals surface area contributed by atoms with E-state index in [-0.39, 0.29) is 17.9 Å². The monoisotopic (exact) mass is 252 g/mol. The van der Waals surface area contributed by atoms with Gasteiger partial charge in [-0.15, -0.1) is 0 Å². The van der Waals surface area contributed by atoms with E-state index < -0.39 is 17.5 Å². The summed E-state index contributed by atoms with van der Waals surface area (Å²) in [4.78, 5) is 0. The van der Waals surface area contributed by atoms with Crippen LogP contribution in [-0.2, 0) is 6.61 Å². The van der Waals surface area contributed by atoms with Gasteiger partial charge in [0, 0.05) is 0 Å². The third-order valence-corrected chi connectivity index (χ3v) is 2.52. The topological polar surface area (TPSA) is 9.23 Å². The molecule has 18 heavy (non-hydrogen) atoms. The van der Waals surface area contributed by atoms with Crippen molar-refractivity contribution in [1.29, 1.82) is 0 Å². The molecule has 0 saturated carbocycles. The highest BCUT2D eigenvalue weighted by atomic mass is 19.1. The largest absolute Gasteiger partial charge is 0.486 e. The number of rotatable bonds is 3. The van der Waals surface area contributed by atoms with Gasteiger partial charge >= 0.3 is 0 Å². The molecule has 0 aliphatic heterocycles. The first kappa shape index (κ1) is 12.5. The molecule has 0 aliphatic carbocycles. The molecule has 0 fully saturated rings. The molecular formula is C14H11F3O. The number of hydrogen-bond acceptors (Lipinski definition) is 1. The Morgan fingerprint density at radius 3 is 2.28 bits per heavy atom. The van der Waals surface area contributed by atoms with Gasteiger partial charge in [-0.3, -0.25) is 0 Å². The molecule has 4 heteroatoms. The number of ether oxygens (including phenoxy) is 1. The van der Waals surface area contributed by atoms with E-state index in [1.165, 1.54) is 18.2 Å². The van der Waals surface area contributed by atoms with Crippen molar-refractivity contribution in [2.75, 3.05) is 0 Å². The highest BCUT2D eigenvalue weighted by Gasteiger charge is 2.10. The summed E-state index contributed by atoms with van der Waals surface area (Å²) in [5.41, 5.74) is 0.596. The Bertz CT molecular complexity index is 547. The second-order valence-corrected chi connectivity index (χ2v) is 3.92. The van der Waals surface area contributed by atoms with Crippen LogP contribution >= 0.6 is 0 Å². The average Bonchev–Trinajstić information content (AvgIpc) is 2.33. The molecule has 0 radical (unpaired) electrons. The van der Waals surface area contributed by atoms with E-state index in [1.807, 2.05) is 0 Å². The van der Waals surface area contributed by atoms with Gasteiger partial charge in [-0.05, 0) is 36.8 Å². The highest BCUT2D eigenvalue weighted by molar-refractivity contribution is 5.30. The van der Waals surface area contributed by atoms with E-state index in [9.17, 15) is 13.2 Å². The maximum absolute atomic E-state index is 13.4. The second-order valence-electron chi connectivity index (χ2n) is 3.92. The average molecular weight is 252 g/mol. The van der Waals surface area contributed by atoms with Crippen LogP contribution in [0.25, 0.3) is 0 Å². The van der Waals surface area contributed by atoms with E-state index in [0.717, 1.165) is 17.7 Å². The number of halogens is 3. The predicted octanol–water partition coefficient (Wildman–Crippen LogP) is 3.99. The number of hydrogen-bond donors (Lipinski definition) is 0. The molecule has 94 valence electrons. The van der Waals surface area contributed by atoms with E-state index in [2.05, 4.69) is 0 Å². The molecule has 0 bridgehead atoms. The van der Waals surface area contributed by atoms with Gasteiger partial charge in [0.25, 0.3) is 0 Å². The van der Waals surface area contributed by atoms with Crippen molar-refractivity contribution in [3.8, 4) is 5.75 Å². The fourth-order valence-electron chi connectivity index (χ4n) is 1.54. The van der Waals surface area contributed by atoms with Crippen LogP contribution in [-0.4, -0.2) is 0 Å². The molecule has 0 atom stereocenters. The van der Waals surface area contributed by atoms with Gasteiger partial charge in [0.2, 0.25) is 0 Å². The summed E-state index contributed by atoms with van der Waals surface area (Å²) >= 11 is 0. The van der Waals surface area contributed by atoms with Gasteiger partial charge in [-0.25, -0.2) is 13.2 Å². The molecule has 0 N–H and O–H groups in total. The zero-order valence-electron chi connectivity index (χ0n) is 9.71. The van der Waals surface area contributed by atoms with Gasteiger partial charge in [-0.1, -0.05) is 12.1 Å². The van der Waals surface area contributed by atoms with Gasteiger partial charge in [0.1, 0.15) is 18.2 Å². The van der Waals surface area contributed by atoms with Crippen LogP contribution in [0, 0.1) is 24.4 Å². The quantitative estimate of drug-likeness (QED) is 0.802. The van der Waals surface area contributed by atoms with Gasteiger partial charge < -0.3 is 4.74 Å². The minimum atomic E-state index is -0.705. The van der Waals surface area contributed by atoms with Crippen molar-refractivity contribution >= 4 is 0 Å².